The molecule has 0 aliphatic heterocycles. The van der Waals surface area contributed by atoms with E-state index in [2.05, 4.69) is 54.5 Å². The second kappa shape index (κ2) is 4.83. The van der Waals surface area contributed by atoms with Crippen molar-refractivity contribution in [2.45, 2.75) is 54.9 Å². The van der Waals surface area contributed by atoms with E-state index in [9.17, 15) is 0 Å². The average molecular weight is 182 g/mol. The Morgan fingerprint density at radius 1 is 1.15 bits per heavy atom. The van der Waals surface area contributed by atoms with Crippen LogP contribution in [0.2, 0.25) is 0 Å². The van der Waals surface area contributed by atoms with Crippen LogP contribution in [-0.2, 0) is 0 Å². The Morgan fingerprint density at radius 2 is 1.62 bits per heavy atom. The summed E-state index contributed by atoms with van der Waals surface area (Å²) in [6.07, 6.45) is 3.66. The predicted molar refractivity (Wildman–Crippen MR) is 61.8 cm³/mol. The lowest BCUT2D eigenvalue weighted by Crippen LogP contribution is -2.17. The third-order valence-corrected chi connectivity index (χ3v) is 3.20. The predicted octanol–water partition coefficient (Wildman–Crippen LogP) is 4.66. The van der Waals surface area contributed by atoms with Crippen LogP contribution in [0.5, 0.6) is 0 Å². The van der Waals surface area contributed by atoms with Gasteiger partial charge in [-0.05, 0) is 23.7 Å². The van der Waals surface area contributed by atoms with E-state index in [0.717, 1.165) is 0 Å². The summed E-state index contributed by atoms with van der Waals surface area (Å²) in [6, 6.07) is 0. The van der Waals surface area contributed by atoms with Crippen LogP contribution in [0, 0.1) is 17.3 Å². The lowest BCUT2D eigenvalue weighted by Gasteiger charge is -2.27. The standard InChI is InChI=1S/C13H26/c1-8-12(10(2)3)9-13(6,7)11(4)5/h9-11H,8H2,1-7H3. The molecule has 0 saturated heterocycles. The molecule has 0 rings (SSSR count). The van der Waals surface area contributed by atoms with E-state index in [4.69, 9.17) is 0 Å². The van der Waals surface area contributed by atoms with Crippen molar-refractivity contribution < 1.29 is 0 Å². The normalized spacial score (nSPS) is 14.4. The zero-order valence-electron chi connectivity index (χ0n) is 10.4. The van der Waals surface area contributed by atoms with Crippen LogP contribution in [0.4, 0.5) is 0 Å². The molecule has 0 amide bonds. The van der Waals surface area contributed by atoms with Gasteiger partial charge >= 0.3 is 0 Å². The second-order valence-corrected chi connectivity index (χ2v) is 5.20. The maximum absolute atomic E-state index is 2.47. The van der Waals surface area contributed by atoms with Crippen LogP contribution < -0.4 is 0 Å². The number of rotatable bonds is 4. The van der Waals surface area contributed by atoms with E-state index >= 15 is 0 Å². The van der Waals surface area contributed by atoms with Gasteiger partial charge in [-0.25, -0.2) is 0 Å². The van der Waals surface area contributed by atoms with Crippen LogP contribution in [0.25, 0.3) is 0 Å². The molecule has 0 aromatic heterocycles. The first-order valence-electron chi connectivity index (χ1n) is 5.52. The van der Waals surface area contributed by atoms with Crippen molar-refractivity contribution in [3.05, 3.63) is 11.6 Å². The summed E-state index contributed by atoms with van der Waals surface area (Å²) >= 11 is 0. The van der Waals surface area contributed by atoms with Crippen molar-refractivity contribution in [3.63, 3.8) is 0 Å². The second-order valence-electron chi connectivity index (χ2n) is 5.20. The fourth-order valence-electron chi connectivity index (χ4n) is 1.32. The monoisotopic (exact) mass is 182 g/mol. The molecule has 0 fully saturated rings. The van der Waals surface area contributed by atoms with Gasteiger partial charge in [-0.3, -0.25) is 0 Å². The van der Waals surface area contributed by atoms with Crippen LogP contribution >= 0.6 is 0 Å². The molecule has 0 bridgehead atoms. The van der Waals surface area contributed by atoms with Gasteiger partial charge in [0.1, 0.15) is 0 Å². The van der Waals surface area contributed by atoms with Crippen molar-refractivity contribution in [1.82, 2.24) is 0 Å². The zero-order valence-corrected chi connectivity index (χ0v) is 10.4. The Morgan fingerprint density at radius 3 is 1.85 bits per heavy atom. The minimum Gasteiger partial charge on any atom is -0.0792 e. The molecule has 0 heterocycles. The van der Waals surface area contributed by atoms with Crippen molar-refractivity contribution >= 4 is 0 Å². The first-order chi connectivity index (χ1) is 5.81. The molecular weight excluding hydrogens is 156 g/mol. The van der Waals surface area contributed by atoms with Gasteiger partial charge in [0.2, 0.25) is 0 Å². The van der Waals surface area contributed by atoms with Gasteiger partial charge < -0.3 is 0 Å². The van der Waals surface area contributed by atoms with Crippen molar-refractivity contribution in [2.24, 2.45) is 17.3 Å². The van der Waals surface area contributed by atoms with E-state index in [0.29, 0.717) is 17.3 Å². The van der Waals surface area contributed by atoms with Gasteiger partial charge in [-0.15, -0.1) is 0 Å². The van der Waals surface area contributed by atoms with E-state index in [-0.39, 0.29) is 0 Å². The van der Waals surface area contributed by atoms with Gasteiger partial charge in [0, 0.05) is 0 Å². The van der Waals surface area contributed by atoms with Crippen molar-refractivity contribution in [1.29, 1.82) is 0 Å². The fourth-order valence-corrected chi connectivity index (χ4v) is 1.32. The molecule has 13 heavy (non-hydrogen) atoms. The summed E-state index contributed by atoms with van der Waals surface area (Å²) in [5, 5.41) is 0. The fraction of sp³-hybridized carbons (Fsp3) is 0.846. The van der Waals surface area contributed by atoms with Gasteiger partial charge in [0.05, 0.1) is 0 Å². The highest BCUT2D eigenvalue weighted by Crippen LogP contribution is 2.31. The third kappa shape index (κ3) is 3.97. The summed E-state index contributed by atoms with van der Waals surface area (Å²) in [5.41, 5.74) is 1.94. The maximum atomic E-state index is 2.47. The topological polar surface area (TPSA) is 0 Å². The molecule has 0 heteroatoms. The molecule has 0 atom stereocenters. The van der Waals surface area contributed by atoms with E-state index < -0.39 is 0 Å². The van der Waals surface area contributed by atoms with Crippen LogP contribution in [-0.4, -0.2) is 0 Å². The number of hydrogen-bond donors (Lipinski definition) is 0. The van der Waals surface area contributed by atoms with E-state index in [1.165, 1.54) is 6.42 Å². The van der Waals surface area contributed by atoms with Gasteiger partial charge in [-0.2, -0.15) is 0 Å². The molecule has 0 N–H and O–H groups in total. The van der Waals surface area contributed by atoms with Crippen molar-refractivity contribution in [2.75, 3.05) is 0 Å². The molecule has 0 radical (unpaired) electrons. The Balaban J connectivity index is 4.67. The molecule has 0 aromatic carbocycles. The van der Waals surface area contributed by atoms with Gasteiger partial charge in [0.15, 0.2) is 0 Å². The molecular formula is C13H26. The first-order valence-corrected chi connectivity index (χ1v) is 5.52. The van der Waals surface area contributed by atoms with Crippen molar-refractivity contribution in [3.8, 4) is 0 Å². The molecule has 0 aliphatic carbocycles. The van der Waals surface area contributed by atoms with Crippen LogP contribution in [0.15, 0.2) is 11.6 Å². The Bertz CT molecular complexity index is 170. The molecule has 0 aromatic rings. The smallest absolute Gasteiger partial charge is 0.0149 e. The lowest BCUT2D eigenvalue weighted by molar-refractivity contribution is 0.328. The molecule has 0 unspecified atom stereocenters. The molecule has 0 aliphatic rings. The summed E-state index contributed by atoms with van der Waals surface area (Å²) in [7, 11) is 0. The Kier molecular flexibility index (Phi) is 4.74. The highest BCUT2D eigenvalue weighted by Gasteiger charge is 2.20. The van der Waals surface area contributed by atoms with Gasteiger partial charge in [-0.1, -0.05) is 60.1 Å². The number of hydrogen-bond acceptors (Lipinski definition) is 0. The first kappa shape index (κ1) is 12.7. The Hall–Kier alpha value is -0.260. The maximum Gasteiger partial charge on any atom is -0.0149 e. The number of allylic oxidation sites excluding steroid dienone is 2. The minimum absolute atomic E-state index is 0.343. The molecule has 0 saturated carbocycles. The largest absolute Gasteiger partial charge is 0.0792 e. The lowest BCUT2D eigenvalue weighted by atomic mass is 9.78. The average Bonchev–Trinajstić information content (AvgIpc) is 1.99. The Labute approximate surface area is 84.4 Å². The summed E-state index contributed by atoms with van der Waals surface area (Å²) < 4.78 is 0. The van der Waals surface area contributed by atoms with Crippen LogP contribution in [0.1, 0.15) is 54.9 Å². The SMILES string of the molecule is CCC(=CC(C)(C)C(C)C)C(C)C. The van der Waals surface area contributed by atoms with Crippen LogP contribution in [0.3, 0.4) is 0 Å². The van der Waals surface area contributed by atoms with E-state index in [1.807, 2.05) is 0 Å². The summed E-state index contributed by atoms with van der Waals surface area (Å²) in [4.78, 5) is 0. The highest BCUT2D eigenvalue weighted by molar-refractivity contribution is 5.10. The summed E-state index contributed by atoms with van der Waals surface area (Å²) in [6.45, 7) is 16.1. The zero-order chi connectivity index (χ0) is 10.6. The highest BCUT2D eigenvalue weighted by atomic mass is 14.3. The molecule has 0 nitrogen and oxygen atoms in total. The third-order valence-electron chi connectivity index (χ3n) is 3.20. The quantitative estimate of drug-likeness (QED) is 0.555. The molecule has 0 spiro atoms. The van der Waals surface area contributed by atoms with Gasteiger partial charge in [0.25, 0.3) is 0 Å². The van der Waals surface area contributed by atoms with E-state index in [1.54, 1.807) is 5.57 Å². The summed E-state index contributed by atoms with van der Waals surface area (Å²) in [5.74, 6) is 1.41. The molecule has 78 valence electrons. The minimum atomic E-state index is 0.343.